The fourth-order valence-electron chi connectivity index (χ4n) is 2.44. The van der Waals surface area contributed by atoms with E-state index in [4.69, 9.17) is 5.73 Å². The van der Waals surface area contributed by atoms with Crippen LogP contribution in [-0.4, -0.2) is 42.4 Å². The lowest BCUT2D eigenvalue weighted by Gasteiger charge is -2.32. The third-order valence-corrected chi connectivity index (χ3v) is 3.30. The molecule has 1 heterocycles. The molecule has 0 bridgehead atoms. The van der Waals surface area contributed by atoms with Gasteiger partial charge in [0.2, 0.25) is 11.8 Å². The van der Waals surface area contributed by atoms with Crippen LogP contribution in [0.3, 0.4) is 0 Å². The van der Waals surface area contributed by atoms with E-state index in [0.717, 1.165) is 11.4 Å². The van der Waals surface area contributed by atoms with E-state index in [9.17, 15) is 9.59 Å². The van der Waals surface area contributed by atoms with Gasteiger partial charge in [0.05, 0.1) is 17.9 Å². The van der Waals surface area contributed by atoms with E-state index in [1.54, 1.807) is 0 Å². The van der Waals surface area contributed by atoms with Gasteiger partial charge in [-0.15, -0.1) is 0 Å². The maximum absolute atomic E-state index is 12.6. The van der Waals surface area contributed by atoms with Crippen LogP contribution in [0.4, 0.5) is 11.4 Å². The van der Waals surface area contributed by atoms with E-state index < -0.39 is 11.9 Å². The van der Waals surface area contributed by atoms with Crippen LogP contribution in [0.2, 0.25) is 0 Å². The normalized spacial score (nSPS) is 16.6. The lowest BCUT2D eigenvalue weighted by Crippen LogP contribution is -2.51. The number of carbonyl (C=O) groups excluding carboxylic acids is 2. The summed E-state index contributed by atoms with van der Waals surface area (Å²) in [5.74, 6) is -0.324. The molecule has 0 fully saturated rings. The van der Waals surface area contributed by atoms with Gasteiger partial charge in [-0.2, -0.15) is 0 Å². The van der Waals surface area contributed by atoms with Gasteiger partial charge >= 0.3 is 0 Å². The lowest BCUT2D eigenvalue weighted by molar-refractivity contribution is -0.136. The third kappa shape index (κ3) is 3.87. The Bertz CT molecular complexity index is 530. The van der Waals surface area contributed by atoms with Crippen molar-refractivity contribution in [2.45, 2.75) is 19.9 Å². The number of benzene rings is 1. The van der Waals surface area contributed by atoms with Gasteiger partial charge in [-0.3, -0.25) is 9.59 Å². The number of para-hydroxylation sites is 2. The zero-order valence-electron chi connectivity index (χ0n) is 12.4. The van der Waals surface area contributed by atoms with Gasteiger partial charge in [0.1, 0.15) is 6.04 Å². The van der Waals surface area contributed by atoms with Crippen molar-refractivity contribution in [2.24, 2.45) is 11.7 Å². The quantitative estimate of drug-likeness (QED) is 0.750. The molecule has 1 aliphatic rings. The predicted molar refractivity (Wildman–Crippen MR) is 83.0 cm³/mol. The van der Waals surface area contributed by atoms with Gasteiger partial charge in [0, 0.05) is 13.1 Å². The number of hydrogen-bond donors (Lipinski definition) is 3. The number of amides is 2. The highest BCUT2D eigenvalue weighted by Gasteiger charge is 2.28. The Kier molecular flexibility index (Phi) is 4.67. The molecule has 4 N–H and O–H groups in total. The van der Waals surface area contributed by atoms with Crippen molar-refractivity contribution in [1.82, 2.24) is 4.90 Å². The van der Waals surface area contributed by atoms with Crippen molar-refractivity contribution in [2.75, 3.05) is 30.3 Å². The van der Waals surface area contributed by atoms with E-state index in [0.29, 0.717) is 13.1 Å². The topological polar surface area (TPSA) is 87.5 Å². The predicted octanol–water partition coefficient (Wildman–Crippen LogP) is 0.862. The number of anilines is 2. The smallest absolute Gasteiger partial charge is 0.247 e. The molecule has 21 heavy (non-hydrogen) atoms. The molecule has 0 saturated carbocycles. The number of carbonyl (C=O) groups is 2. The first-order chi connectivity index (χ1) is 9.97. The van der Waals surface area contributed by atoms with E-state index in [-0.39, 0.29) is 18.4 Å². The average molecular weight is 290 g/mol. The number of rotatable bonds is 5. The molecule has 0 aromatic heterocycles. The van der Waals surface area contributed by atoms with Gasteiger partial charge in [-0.1, -0.05) is 26.0 Å². The Hall–Kier alpha value is -2.24. The highest BCUT2D eigenvalue weighted by molar-refractivity contribution is 5.91. The van der Waals surface area contributed by atoms with Gasteiger partial charge in [-0.25, -0.2) is 0 Å². The molecule has 1 aliphatic heterocycles. The highest BCUT2D eigenvalue weighted by Crippen LogP contribution is 2.25. The third-order valence-electron chi connectivity index (χ3n) is 3.30. The number of fused-ring (bicyclic) bond motifs is 1. The van der Waals surface area contributed by atoms with Crippen molar-refractivity contribution >= 4 is 23.2 Å². The second-order valence-electron chi connectivity index (χ2n) is 5.70. The maximum Gasteiger partial charge on any atom is 0.247 e. The average Bonchev–Trinajstić information content (AvgIpc) is 2.44. The molecule has 2 rings (SSSR count). The molecule has 1 atom stereocenters. The minimum absolute atomic E-state index is 0.0448. The first kappa shape index (κ1) is 15.2. The van der Waals surface area contributed by atoms with Crippen LogP contribution in [-0.2, 0) is 9.59 Å². The Morgan fingerprint density at radius 1 is 1.33 bits per heavy atom. The molecule has 6 heteroatoms. The summed E-state index contributed by atoms with van der Waals surface area (Å²) >= 11 is 0. The summed E-state index contributed by atoms with van der Waals surface area (Å²) in [6.45, 7) is 4.97. The maximum atomic E-state index is 12.6. The number of nitrogens with one attached hydrogen (secondary N) is 2. The minimum atomic E-state index is -0.492. The second kappa shape index (κ2) is 6.47. The van der Waals surface area contributed by atoms with E-state index in [1.165, 1.54) is 4.90 Å². The van der Waals surface area contributed by atoms with Crippen molar-refractivity contribution < 1.29 is 9.59 Å². The zero-order chi connectivity index (χ0) is 15.4. The van der Waals surface area contributed by atoms with Crippen LogP contribution in [0, 0.1) is 5.92 Å². The summed E-state index contributed by atoms with van der Waals surface area (Å²) in [4.78, 5) is 25.3. The van der Waals surface area contributed by atoms with Gasteiger partial charge < -0.3 is 21.3 Å². The van der Waals surface area contributed by atoms with Crippen molar-refractivity contribution in [3.63, 3.8) is 0 Å². The summed E-state index contributed by atoms with van der Waals surface area (Å²) in [5, 5.41) is 6.45. The summed E-state index contributed by atoms with van der Waals surface area (Å²) < 4.78 is 0. The fourth-order valence-corrected chi connectivity index (χ4v) is 2.44. The second-order valence-corrected chi connectivity index (χ2v) is 5.70. The lowest BCUT2D eigenvalue weighted by atomic mass is 10.1. The molecule has 1 aromatic rings. The van der Waals surface area contributed by atoms with Gasteiger partial charge in [0.25, 0.3) is 0 Å². The molecule has 0 radical (unpaired) electrons. The Labute approximate surface area is 124 Å². The van der Waals surface area contributed by atoms with Gasteiger partial charge in [0.15, 0.2) is 0 Å². The Morgan fingerprint density at radius 2 is 2.00 bits per heavy atom. The number of nitrogens with two attached hydrogens (primary N) is 1. The molecule has 0 aliphatic carbocycles. The molecular weight excluding hydrogens is 268 g/mol. The molecule has 0 saturated heterocycles. The largest absolute Gasteiger partial charge is 0.381 e. The standard InChI is InChI=1S/C15H22N4O2/c1-10(2)8-19(9-14(16)20)15(21)13-7-17-11-5-3-4-6-12(11)18-13/h3-6,10,13,17-18H,7-9H2,1-2H3,(H2,16,20). The fraction of sp³-hybridized carbons (Fsp3) is 0.467. The summed E-state index contributed by atoms with van der Waals surface area (Å²) in [5.41, 5.74) is 7.12. The highest BCUT2D eigenvalue weighted by atomic mass is 16.2. The molecule has 6 nitrogen and oxygen atoms in total. The molecular formula is C15H22N4O2. The van der Waals surface area contributed by atoms with E-state index >= 15 is 0 Å². The van der Waals surface area contributed by atoms with Crippen LogP contribution in [0.15, 0.2) is 24.3 Å². The van der Waals surface area contributed by atoms with Crippen LogP contribution >= 0.6 is 0 Å². The molecule has 1 unspecified atom stereocenters. The van der Waals surface area contributed by atoms with E-state index in [2.05, 4.69) is 10.6 Å². The van der Waals surface area contributed by atoms with Gasteiger partial charge in [-0.05, 0) is 18.1 Å². The number of primary amides is 1. The van der Waals surface area contributed by atoms with Crippen LogP contribution in [0.5, 0.6) is 0 Å². The molecule has 114 valence electrons. The van der Waals surface area contributed by atoms with Crippen molar-refractivity contribution in [3.8, 4) is 0 Å². The first-order valence-corrected chi connectivity index (χ1v) is 7.14. The van der Waals surface area contributed by atoms with Crippen molar-refractivity contribution in [3.05, 3.63) is 24.3 Å². The van der Waals surface area contributed by atoms with Crippen LogP contribution < -0.4 is 16.4 Å². The molecule has 0 spiro atoms. The zero-order valence-corrected chi connectivity index (χ0v) is 12.4. The van der Waals surface area contributed by atoms with Crippen LogP contribution in [0.25, 0.3) is 0 Å². The summed E-state index contributed by atoms with van der Waals surface area (Å²) in [6, 6.07) is 7.34. The Balaban J connectivity index is 2.09. The van der Waals surface area contributed by atoms with E-state index in [1.807, 2.05) is 38.1 Å². The molecule has 1 aromatic carbocycles. The number of nitrogens with zero attached hydrogens (tertiary/aromatic N) is 1. The monoisotopic (exact) mass is 290 g/mol. The van der Waals surface area contributed by atoms with Crippen molar-refractivity contribution in [1.29, 1.82) is 0 Å². The summed E-state index contributed by atoms with van der Waals surface area (Å²) in [6.07, 6.45) is 0. The summed E-state index contributed by atoms with van der Waals surface area (Å²) in [7, 11) is 0. The van der Waals surface area contributed by atoms with Crippen LogP contribution in [0.1, 0.15) is 13.8 Å². The SMILES string of the molecule is CC(C)CN(CC(N)=O)C(=O)C1CNc2ccccc2N1. The minimum Gasteiger partial charge on any atom is -0.381 e. The number of hydrogen-bond acceptors (Lipinski definition) is 4. The first-order valence-electron chi connectivity index (χ1n) is 7.14. The molecule has 2 amide bonds. The Morgan fingerprint density at radius 3 is 2.62 bits per heavy atom.